The molecule has 3 aromatic carbocycles. The first-order valence-electron chi connectivity index (χ1n) is 9.69. The van der Waals surface area contributed by atoms with Crippen LogP contribution >= 0.6 is 15.9 Å². The number of nitrogens with zero attached hydrogens (tertiary/aromatic N) is 2. The zero-order chi connectivity index (χ0) is 22.0. The molecule has 7 heteroatoms. The number of ether oxygens (including phenoxy) is 2. The molecule has 1 atom stereocenters. The molecule has 2 amide bonds. The third kappa shape index (κ3) is 4.01. The van der Waals surface area contributed by atoms with Gasteiger partial charge in [-0.05, 0) is 42.0 Å². The number of hydrogen-bond donors (Lipinski definition) is 0. The summed E-state index contributed by atoms with van der Waals surface area (Å²) in [6.07, 6.45) is 0. The van der Waals surface area contributed by atoms with Crippen LogP contribution in [0.2, 0.25) is 0 Å². The van der Waals surface area contributed by atoms with Crippen molar-refractivity contribution in [2.45, 2.75) is 6.04 Å². The molecule has 0 aromatic heterocycles. The van der Waals surface area contributed by atoms with Gasteiger partial charge < -0.3 is 9.47 Å². The van der Waals surface area contributed by atoms with E-state index < -0.39 is 6.04 Å². The van der Waals surface area contributed by atoms with E-state index in [9.17, 15) is 9.59 Å². The van der Waals surface area contributed by atoms with Gasteiger partial charge in [0.25, 0.3) is 5.91 Å². The molecule has 31 heavy (non-hydrogen) atoms. The molecule has 0 bridgehead atoms. The normalized spacial score (nSPS) is 16.4. The number of piperazine rings is 1. The van der Waals surface area contributed by atoms with E-state index in [-0.39, 0.29) is 18.4 Å². The highest BCUT2D eigenvalue weighted by atomic mass is 79.9. The van der Waals surface area contributed by atoms with Crippen LogP contribution < -0.4 is 19.3 Å². The molecule has 4 rings (SSSR count). The Morgan fingerprint density at radius 3 is 2.26 bits per heavy atom. The van der Waals surface area contributed by atoms with Crippen LogP contribution in [0.5, 0.6) is 11.5 Å². The number of halogens is 1. The van der Waals surface area contributed by atoms with Crippen LogP contribution in [0.15, 0.2) is 77.3 Å². The van der Waals surface area contributed by atoms with Crippen LogP contribution in [-0.4, -0.2) is 32.6 Å². The van der Waals surface area contributed by atoms with Crippen molar-refractivity contribution in [1.82, 2.24) is 0 Å². The lowest BCUT2D eigenvalue weighted by atomic mass is 9.99. The molecule has 1 fully saturated rings. The zero-order valence-electron chi connectivity index (χ0n) is 17.1. The number of carbonyl (C=O) groups excluding carboxylic acids is 2. The molecule has 158 valence electrons. The van der Waals surface area contributed by atoms with Crippen molar-refractivity contribution in [3.63, 3.8) is 0 Å². The Hall–Kier alpha value is -3.32. The summed E-state index contributed by atoms with van der Waals surface area (Å²) in [6.45, 7) is -0.109. The van der Waals surface area contributed by atoms with Gasteiger partial charge in [0.2, 0.25) is 5.91 Å². The van der Waals surface area contributed by atoms with E-state index in [0.717, 1.165) is 10.0 Å². The lowest BCUT2D eigenvalue weighted by Gasteiger charge is -2.40. The second kappa shape index (κ2) is 8.81. The molecule has 0 radical (unpaired) electrons. The number of amides is 2. The lowest BCUT2D eigenvalue weighted by Crippen LogP contribution is -2.56. The number of rotatable bonds is 5. The van der Waals surface area contributed by atoms with E-state index in [4.69, 9.17) is 9.47 Å². The highest BCUT2D eigenvalue weighted by Crippen LogP contribution is 2.39. The summed E-state index contributed by atoms with van der Waals surface area (Å²) in [5.41, 5.74) is 1.89. The Morgan fingerprint density at radius 2 is 1.61 bits per heavy atom. The van der Waals surface area contributed by atoms with E-state index in [1.165, 1.54) is 12.0 Å². The van der Waals surface area contributed by atoms with E-state index in [1.54, 1.807) is 30.2 Å². The number of carbonyl (C=O) groups is 2. The predicted molar refractivity (Wildman–Crippen MR) is 123 cm³/mol. The third-order valence-corrected chi connectivity index (χ3v) is 5.75. The molecule has 0 spiro atoms. The summed E-state index contributed by atoms with van der Waals surface area (Å²) in [4.78, 5) is 30.2. The van der Waals surface area contributed by atoms with Crippen molar-refractivity contribution in [2.75, 3.05) is 30.6 Å². The lowest BCUT2D eigenvalue weighted by molar-refractivity contribution is -0.128. The van der Waals surface area contributed by atoms with Gasteiger partial charge in [0.15, 0.2) is 0 Å². The Balaban J connectivity index is 1.83. The molecule has 1 aliphatic rings. The molecular weight excluding hydrogens is 460 g/mol. The molecule has 6 nitrogen and oxygen atoms in total. The maximum absolute atomic E-state index is 13.8. The van der Waals surface area contributed by atoms with Gasteiger partial charge in [0.05, 0.1) is 19.9 Å². The first-order chi connectivity index (χ1) is 15.0. The van der Waals surface area contributed by atoms with Crippen LogP contribution in [0.1, 0.15) is 11.6 Å². The molecule has 0 N–H and O–H groups in total. The van der Waals surface area contributed by atoms with Gasteiger partial charge in [-0.25, -0.2) is 0 Å². The maximum Gasteiger partial charge on any atom is 0.255 e. The maximum atomic E-state index is 13.8. The van der Waals surface area contributed by atoms with Crippen molar-refractivity contribution in [2.24, 2.45) is 0 Å². The summed E-state index contributed by atoms with van der Waals surface area (Å²) in [5, 5.41) is 0. The number of anilines is 2. The monoisotopic (exact) mass is 480 g/mol. The SMILES string of the molecule is COc1ccc(OC)c(N2CC(=O)N(c3ccc(Br)cc3)C(c3ccccc3)C2=O)c1. The van der Waals surface area contributed by atoms with Crippen molar-refractivity contribution in [3.05, 3.63) is 82.8 Å². The molecule has 3 aromatic rings. The molecule has 1 heterocycles. The van der Waals surface area contributed by atoms with Crippen molar-refractivity contribution in [3.8, 4) is 11.5 Å². The van der Waals surface area contributed by atoms with E-state index >= 15 is 0 Å². The largest absolute Gasteiger partial charge is 0.497 e. The summed E-state index contributed by atoms with van der Waals surface area (Å²) < 4.78 is 11.7. The number of hydrogen-bond acceptors (Lipinski definition) is 4. The summed E-state index contributed by atoms with van der Waals surface area (Å²) in [6, 6.07) is 21.1. The van der Waals surface area contributed by atoms with Crippen LogP contribution in [0, 0.1) is 0 Å². The van der Waals surface area contributed by atoms with Crippen molar-refractivity contribution >= 4 is 39.1 Å². The first-order valence-corrected chi connectivity index (χ1v) is 10.5. The van der Waals surface area contributed by atoms with Crippen molar-refractivity contribution < 1.29 is 19.1 Å². The molecule has 1 saturated heterocycles. The first kappa shape index (κ1) is 20.9. The minimum atomic E-state index is -0.806. The molecule has 1 unspecified atom stereocenters. The van der Waals surface area contributed by atoms with Crippen LogP contribution in [-0.2, 0) is 9.59 Å². The highest BCUT2D eigenvalue weighted by Gasteiger charge is 2.42. The minimum absolute atomic E-state index is 0.109. The van der Waals surface area contributed by atoms with Crippen LogP contribution in [0.3, 0.4) is 0 Å². The van der Waals surface area contributed by atoms with Gasteiger partial charge in [0, 0.05) is 16.2 Å². The highest BCUT2D eigenvalue weighted by molar-refractivity contribution is 9.10. The van der Waals surface area contributed by atoms with Crippen LogP contribution in [0.4, 0.5) is 11.4 Å². The fourth-order valence-electron chi connectivity index (χ4n) is 3.72. The molecular formula is C24H21BrN2O4. The van der Waals surface area contributed by atoms with Gasteiger partial charge >= 0.3 is 0 Å². The quantitative estimate of drug-likeness (QED) is 0.535. The smallest absolute Gasteiger partial charge is 0.255 e. The van der Waals surface area contributed by atoms with Gasteiger partial charge in [-0.3, -0.25) is 19.4 Å². The summed E-state index contributed by atoms with van der Waals surface area (Å²) in [7, 11) is 3.08. The minimum Gasteiger partial charge on any atom is -0.497 e. The Bertz CT molecular complexity index is 1100. The summed E-state index contributed by atoms with van der Waals surface area (Å²) >= 11 is 3.42. The van der Waals surface area contributed by atoms with Gasteiger partial charge in [-0.2, -0.15) is 0 Å². The molecule has 1 aliphatic heterocycles. The number of methoxy groups -OCH3 is 2. The van der Waals surface area contributed by atoms with Gasteiger partial charge in [-0.15, -0.1) is 0 Å². The number of benzene rings is 3. The van der Waals surface area contributed by atoms with Crippen LogP contribution in [0.25, 0.3) is 0 Å². The Kier molecular flexibility index (Phi) is 5.95. The van der Waals surface area contributed by atoms with E-state index in [0.29, 0.717) is 22.9 Å². The second-order valence-corrected chi connectivity index (χ2v) is 7.93. The zero-order valence-corrected chi connectivity index (χ0v) is 18.7. The van der Waals surface area contributed by atoms with E-state index in [1.807, 2.05) is 54.6 Å². The predicted octanol–water partition coefficient (Wildman–Crippen LogP) is 4.59. The standard InChI is InChI=1S/C24H21BrN2O4/c1-30-19-12-13-21(31-2)20(14-19)26-15-22(28)27(18-10-8-17(25)9-11-18)23(24(26)29)16-6-4-3-5-7-16/h3-14,23H,15H2,1-2H3. The Labute approximate surface area is 189 Å². The molecule has 0 aliphatic carbocycles. The average Bonchev–Trinajstić information content (AvgIpc) is 2.81. The second-order valence-electron chi connectivity index (χ2n) is 7.02. The Morgan fingerprint density at radius 1 is 0.903 bits per heavy atom. The average molecular weight is 481 g/mol. The summed E-state index contributed by atoms with van der Waals surface area (Å²) in [5.74, 6) is 0.648. The van der Waals surface area contributed by atoms with Gasteiger partial charge in [-0.1, -0.05) is 46.3 Å². The van der Waals surface area contributed by atoms with Crippen molar-refractivity contribution in [1.29, 1.82) is 0 Å². The fraction of sp³-hybridized carbons (Fsp3) is 0.167. The third-order valence-electron chi connectivity index (χ3n) is 5.22. The van der Waals surface area contributed by atoms with Gasteiger partial charge in [0.1, 0.15) is 24.1 Å². The fourth-order valence-corrected chi connectivity index (χ4v) is 3.99. The molecule has 0 saturated carbocycles. The van der Waals surface area contributed by atoms with E-state index in [2.05, 4.69) is 15.9 Å². The topological polar surface area (TPSA) is 59.1 Å².